The fourth-order valence-electron chi connectivity index (χ4n) is 3.22. The molecule has 0 saturated carbocycles. The zero-order valence-electron chi connectivity index (χ0n) is 17.8. The zero-order valence-corrected chi connectivity index (χ0v) is 19.4. The number of sulfone groups is 1. The molecular formula is C21H28N2O5S2. The third-order valence-electron chi connectivity index (χ3n) is 4.75. The maximum Gasteiger partial charge on any atom is 0.244 e. The maximum atomic E-state index is 13.0. The molecule has 1 amide bonds. The number of nitrogens with zero attached hydrogens (tertiary/aromatic N) is 1. The van der Waals surface area contributed by atoms with Gasteiger partial charge in [0.15, 0.2) is 9.84 Å². The summed E-state index contributed by atoms with van der Waals surface area (Å²) < 4.78 is 49.4. The van der Waals surface area contributed by atoms with Crippen LogP contribution in [0.1, 0.15) is 37.4 Å². The van der Waals surface area contributed by atoms with Crippen LogP contribution in [-0.4, -0.2) is 41.3 Å². The van der Waals surface area contributed by atoms with E-state index in [1.54, 1.807) is 44.2 Å². The molecule has 0 aliphatic heterocycles. The monoisotopic (exact) mass is 452 g/mol. The lowest BCUT2D eigenvalue weighted by molar-refractivity contribution is -0.122. The Morgan fingerprint density at radius 1 is 1.03 bits per heavy atom. The minimum atomic E-state index is -3.71. The zero-order chi connectivity index (χ0) is 22.7. The third kappa shape index (κ3) is 5.82. The molecule has 0 aromatic heterocycles. The Morgan fingerprint density at radius 3 is 2.10 bits per heavy atom. The molecule has 9 heteroatoms. The van der Waals surface area contributed by atoms with Crippen LogP contribution in [0.15, 0.2) is 53.4 Å². The van der Waals surface area contributed by atoms with Crippen LogP contribution < -0.4 is 9.62 Å². The van der Waals surface area contributed by atoms with E-state index in [1.165, 1.54) is 12.1 Å². The topological polar surface area (TPSA) is 101 Å². The highest BCUT2D eigenvalue weighted by Gasteiger charge is 2.32. The van der Waals surface area contributed by atoms with Gasteiger partial charge in [0.05, 0.1) is 22.9 Å². The molecule has 0 fully saturated rings. The summed E-state index contributed by atoms with van der Waals surface area (Å²) in [6, 6.07) is 11.9. The minimum absolute atomic E-state index is 0.193. The first-order valence-electron chi connectivity index (χ1n) is 9.51. The van der Waals surface area contributed by atoms with E-state index in [2.05, 4.69) is 5.32 Å². The van der Waals surface area contributed by atoms with Crippen LogP contribution in [0.3, 0.4) is 0 Å². The summed E-state index contributed by atoms with van der Waals surface area (Å²) in [5.74, 6) is -0.427. The first kappa shape index (κ1) is 23.9. The van der Waals surface area contributed by atoms with Crippen LogP contribution >= 0.6 is 0 Å². The van der Waals surface area contributed by atoms with Gasteiger partial charge >= 0.3 is 0 Å². The van der Waals surface area contributed by atoms with Crippen molar-refractivity contribution >= 4 is 31.5 Å². The third-order valence-corrected chi connectivity index (χ3v) is 7.06. The minimum Gasteiger partial charge on any atom is -0.348 e. The molecule has 7 nitrogen and oxygen atoms in total. The van der Waals surface area contributed by atoms with Crippen molar-refractivity contribution in [3.8, 4) is 0 Å². The van der Waals surface area contributed by atoms with Crippen molar-refractivity contribution in [3.63, 3.8) is 0 Å². The molecule has 2 atom stereocenters. The highest BCUT2D eigenvalue weighted by Crippen LogP contribution is 2.24. The molecule has 0 radical (unpaired) electrons. The average Bonchev–Trinajstić information content (AvgIpc) is 2.64. The second-order valence-electron chi connectivity index (χ2n) is 7.39. The number of hydrogen-bond donors (Lipinski definition) is 1. The first-order valence-corrected chi connectivity index (χ1v) is 13.2. The number of aryl methyl sites for hydroxylation is 1. The number of hydrogen-bond acceptors (Lipinski definition) is 5. The molecule has 2 rings (SSSR count). The van der Waals surface area contributed by atoms with E-state index in [4.69, 9.17) is 0 Å². The van der Waals surface area contributed by atoms with Gasteiger partial charge in [0.2, 0.25) is 15.9 Å². The molecule has 30 heavy (non-hydrogen) atoms. The lowest BCUT2D eigenvalue weighted by atomic mass is 10.1. The first-order chi connectivity index (χ1) is 13.8. The normalized spacial score (nSPS) is 14.0. The molecule has 0 spiro atoms. The van der Waals surface area contributed by atoms with E-state index in [1.807, 2.05) is 13.0 Å². The highest BCUT2D eigenvalue weighted by molar-refractivity contribution is 7.92. The summed E-state index contributed by atoms with van der Waals surface area (Å²) in [4.78, 5) is 13.2. The lowest BCUT2D eigenvalue weighted by Gasteiger charge is -2.31. The highest BCUT2D eigenvalue weighted by atomic mass is 32.2. The predicted molar refractivity (Wildman–Crippen MR) is 119 cm³/mol. The molecule has 0 saturated heterocycles. The second kappa shape index (κ2) is 9.18. The SMILES string of the molecule is CC[C@@H](C(=O)N[C@@H](C)c1ccc(S(C)(=O)=O)cc1)N(c1cccc(C)c1)S(C)(=O)=O. The molecule has 164 valence electrons. The maximum absolute atomic E-state index is 13.0. The molecule has 2 aromatic carbocycles. The average molecular weight is 453 g/mol. The van der Waals surface area contributed by atoms with E-state index < -0.39 is 37.9 Å². The van der Waals surface area contributed by atoms with Gasteiger partial charge in [-0.2, -0.15) is 0 Å². The molecule has 0 bridgehead atoms. The smallest absolute Gasteiger partial charge is 0.244 e. The summed E-state index contributed by atoms with van der Waals surface area (Å²) >= 11 is 0. The quantitative estimate of drug-likeness (QED) is 0.664. The Labute approximate surface area is 179 Å². The van der Waals surface area contributed by atoms with Gasteiger partial charge in [-0.3, -0.25) is 9.10 Å². The van der Waals surface area contributed by atoms with Gasteiger partial charge in [-0.1, -0.05) is 31.2 Å². The fraction of sp³-hybridized carbons (Fsp3) is 0.381. The van der Waals surface area contributed by atoms with Crippen LogP contribution in [0, 0.1) is 6.92 Å². The van der Waals surface area contributed by atoms with Crippen molar-refractivity contribution in [1.82, 2.24) is 5.32 Å². The number of nitrogens with one attached hydrogen (secondary N) is 1. The summed E-state index contributed by atoms with van der Waals surface area (Å²) in [5, 5.41) is 2.85. The van der Waals surface area contributed by atoms with Crippen molar-refractivity contribution in [2.75, 3.05) is 16.8 Å². The van der Waals surface area contributed by atoms with E-state index in [0.29, 0.717) is 11.3 Å². The van der Waals surface area contributed by atoms with Gasteiger partial charge < -0.3 is 5.32 Å². The van der Waals surface area contributed by atoms with Crippen molar-refractivity contribution in [1.29, 1.82) is 0 Å². The van der Waals surface area contributed by atoms with Gasteiger partial charge in [0, 0.05) is 6.26 Å². The Balaban J connectivity index is 2.29. The van der Waals surface area contributed by atoms with E-state index in [-0.39, 0.29) is 11.3 Å². The van der Waals surface area contributed by atoms with Crippen LogP contribution in [0.5, 0.6) is 0 Å². The number of benzene rings is 2. The lowest BCUT2D eigenvalue weighted by Crippen LogP contribution is -2.49. The number of carbonyl (C=O) groups excluding carboxylic acids is 1. The predicted octanol–water partition coefficient (Wildman–Crippen LogP) is 2.82. The van der Waals surface area contributed by atoms with Gasteiger partial charge in [-0.25, -0.2) is 16.8 Å². The largest absolute Gasteiger partial charge is 0.348 e. The van der Waals surface area contributed by atoms with Gasteiger partial charge in [-0.15, -0.1) is 0 Å². The van der Waals surface area contributed by atoms with Crippen LogP contribution in [0.25, 0.3) is 0 Å². The number of carbonyl (C=O) groups is 1. The molecule has 1 N–H and O–H groups in total. The molecule has 0 unspecified atom stereocenters. The molecule has 0 aliphatic carbocycles. The second-order valence-corrected chi connectivity index (χ2v) is 11.3. The van der Waals surface area contributed by atoms with Crippen LogP contribution in [0.2, 0.25) is 0 Å². The summed E-state index contributed by atoms with van der Waals surface area (Å²) in [6.07, 6.45) is 2.50. The summed E-state index contributed by atoms with van der Waals surface area (Å²) in [7, 11) is -7.02. The van der Waals surface area contributed by atoms with Crippen molar-refractivity contribution < 1.29 is 21.6 Å². The Hall–Kier alpha value is -2.39. The van der Waals surface area contributed by atoms with Crippen molar-refractivity contribution in [2.24, 2.45) is 0 Å². The Kier molecular flexibility index (Phi) is 7.31. The van der Waals surface area contributed by atoms with Gasteiger partial charge in [-0.05, 0) is 55.7 Å². The number of anilines is 1. The van der Waals surface area contributed by atoms with E-state index >= 15 is 0 Å². The van der Waals surface area contributed by atoms with Crippen molar-refractivity contribution in [2.45, 2.75) is 44.2 Å². The molecule has 0 heterocycles. The summed E-state index contributed by atoms with van der Waals surface area (Å²) in [5.41, 5.74) is 2.03. The molecular weight excluding hydrogens is 424 g/mol. The van der Waals surface area contributed by atoms with Gasteiger partial charge in [0.25, 0.3) is 0 Å². The number of rotatable bonds is 8. The fourth-order valence-corrected chi connectivity index (χ4v) is 5.06. The number of sulfonamides is 1. The standard InChI is InChI=1S/C21H28N2O5S2/c1-6-20(23(30(5,27)28)18-9-7-8-15(2)14-18)21(24)22-16(3)17-10-12-19(13-11-17)29(4,25)26/h7-14,16,20H,6H2,1-5H3,(H,22,24)/t16-,20-/m0/s1. The molecule has 2 aromatic rings. The van der Waals surface area contributed by atoms with E-state index in [0.717, 1.165) is 22.4 Å². The van der Waals surface area contributed by atoms with E-state index in [9.17, 15) is 21.6 Å². The van der Waals surface area contributed by atoms with Gasteiger partial charge in [0.1, 0.15) is 6.04 Å². The number of amides is 1. The molecule has 0 aliphatic rings. The Morgan fingerprint density at radius 2 is 1.63 bits per heavy atom. The van der Waals surface area contributed by atoms with Crippen LogP contribution in [0.4, 0.5) is 5.69 Å². The Bertz CT molecular complexity index is 1110. The van der Waals surface area contributed by atoms with Crippen molar-refractivity contribution in [3.05, 3.63) is 59.7 Å². The summed E-state index contributed by atoms with van der Waals surface area (Å²) in [6.45, 7) is 5.37. The van der Waals surface area contributed by atoms with Crippen LogP contribution in [-0.2, 0) is 24.7 Å².